The highest BCUT2D eigenvalue weighted by Gasteiger charge is 2.20. The Morgan fingerprint density at radius 2 is 2.06 bits per heavy atom. The van der Waals surface area contributed by atoms with Crippen molar-refractivity contribution in [2.45, 2.75) is 43.1 Å². The standard InChI is InChI=1S/C13H16FNO2S/c14-12-7-4-8-13(15(16)17)11(12)9-18-10-5-2-1-3-6-10/h4,7-8,10H,1-3,5-6,9H2. The summed E-state index contributed by atoms with van der Waals surface area (Å²) in [7, 11) is 0. The molecule has 0 N–H and O–H groups in total. The lowest BCUT2D eigenvalue weighted by atomic mass is 10.0. The lowest BCUT2D eigenvalue weighted by molar-refractivity contribution is -0.385. The molecule has 0 spiro atoms. The summed E-state index contributed by atoms with van der Waals surface area (Å²) >= 11 is 1.65. The highest BCUT2D eigenvalue weighted by Crippen LogP contribution is 2.33. The van der Waals surface area contributed by atoms with Crippen LogP contribution in [0.5, 0.6) is 0 Å². The first-order valence-electron chi connectivity index (χ1n) is 6.22. The fourth-order valence-corrected chi connectivity index (χ4v) is 3.65. The van der Waals surface area contributed by atoms with Gasteiger partial charge in [0.25, 0.3) is 5.69 Å². The van der Waals surface area contributed by atoms with Gasteiger partial charge in [-0.2, -0.15) is 11.8 Å². The lowest BCUT2D eigenvalue weighted by Crippen LogP contribution is -2.09. The smallest absolute Gasteiger partial charge is 0.258 e. The van der Waals surface area contributed by atoms with E-state index in [1.807, 2.05) is 0 Å². The van der Waals surface area contributed by atoms with Gasteiger partial charge in [-0.25, -0.2) is 4.39 Å². The Balaban J connectivity index is 2.05. The number of hydrogen-bond acceptors (Lipinski definition) is 3. The molecule has 0 radical (unpaired) electrons. The van der Waals surface area contributed by atoms with Crippen molar-refractivity contribution >= 4 is 17.4 Å². The van der Waals surface area contributed by atoms with Crippen LogP contribution in [0.2, 0.25) is 0 Å². The molecule has 1 saturated carbocycles. The van der Waals surface area contributed by atoms with E-state index in [-0.39, 0.29) is 11.3 Å². The monoisotopic (exact) mass is 269 g/mol. The van der Waals surface area contributed by atoms with Crippen molar-refractivity contribution in [2.24, 2.45) is 0 Å². The zero-order valence-electron chi connectivity index (χ0n) is 10.1. The number of hydrogen-bond donors (Lipinski definition) is 0. The molecule has 1 fully saturated rings. The third-order valence-electron chi connectivity index (χ3n) is 3.31. The van der Waals surface area contributed by atoms with Gasteiger partial charge in [-0.05, 0) is 18.9 Å². The maximum atomic E-state index is 13.6. The largest absolute Gasteiger partial charge is 0.276 e. The topological polar surface area (TPSA) is 43.1 Å². The van der Waals surface area contributed by atoms with E-state index in [0.717, 1.165) is 12.8 Å². The molecule has 0 amide bonds. The van der Waals surface area contributed by atoms with Crippen LogP contribution in [0, 0.1) is 15.9 Å². The summed E-state index contributed by atoms with van der Waals surface area (Å²) in [6.07, 6.45) is 6.00. The summed E-state index contributed by atoms with van der Waals surface area (Å²) in [4.78, 5) is 10.4. The van der Waals surface area contributed by atoms with E-state index in [2.05, 4.69) is 0 Å². The number of thioether (sulfide) groups is 1. The Bertz CT molecular complexity index is 433. The molecule has 5 heteroatoms. The van der Waals surface area contributed by atoms with Crippen LogP contribution in [-0.2, 0) is 5.75 Å². The molecule has 18 heavy (non-hydrogen) atoms. The van der Waals surface area contributed by atoms with Gasteiger partial charge in [0.1, 0.15) is 5.82 Å². The number of nitrogens with zero attached hydrogens (tertiary/aromatic N) is 1. The molecule has 3 nitrogen and oxygen atoms in total. The minimum absolute atomic E-state index is 0.0988. The number of nitro groups is 1. The van der Waals surface area contributed by atoms with Gasteiger partial charge in [-0.1, -0.05) is 25.3 Å². The second-order valence-electron chi connectivity index (χ2n) is 4.57. The molecule has 0 saturated heterocycles. The molecular weight excluding hydrogens is 253 g/mol. The molecule has 1 aromatic carbocycles. The van der Waals surface area contributed by atoms with Crippen molar-refractivity contribution in [3.8, 4) is 0 Å². The van der Waals surface area contributed by atoms with Gasteiger partial charge in [0.05, 0.1) is 10.5 Å². The SMILES string of the molecule is O=[N+]([O-])c1cccc(F)c1CSC1CCCCC1. The van der Waals surface area contributed by atoms with Crippen LogP contribution in [0.15, 0.2) is 18.2 Å². The average Bonchev–Trinajstić information content (AvgIpc) is 2.38. The minimum atomic E-state index is -0.500. The quantitative estimate of drug-likeness (QED) is 0.604. The zero-order valence-corrected chi connectivity index (χ0v) is 10.9. The molecule has 0 heterocycles. The van der Waals surface area contributed by atoms with Gasteiger partial charge >= 0.3 is 0 Å². The summed E-state index contributed by atoms with van der Waals surface area (Å²) in [5.41, 5.74) is 0.136. The molecule has 1 aliphatic carbocycles. The van der Waals surface area contributed by atoms with Gasteiger partial charge < -0.3 is 0 Å². The molecule has 0 aliphatic heterocycles. The van der Waals surface area contributed by atoms with E-state index in [1.54, 1.807) is 11.8 Å². The third kappa shape index (κ3) is 3.22. The second kappa shape index (κ2) is 6.18. The molecule has 98 valence electrons. The Morgan fingerprint density at radius 3 is 2.72 bits per heavy atom. The number of nitro benzene ring substituents is 1. The van der Waals surface area contributed by atoms with Crippen LogP contribution < -0.4 is 0 Å². The van der Waals surface area contributed by atoms with E-state index in [4.69, 9.17) is 0 Å². The van der Waals surface area contributed by atoms with Crippen molar-refractivity contribution in [1.29, 1.82) is 0 Å². The highest BCUT2D eigenvalue weighted by molar-refractivity contribution is 7.99. The van der Waals surface area contributed by atoms with E-state index in [1.165, 1.54) is 37.5 Å². The van der Waals surface area contributed by atoms with Gasteiger partial charge in [0.15, 0.2) is 0 Å². The summed E-state index contributed by atoms with van der Waals surface area (Å²) in [5, 5.41) is 11.4. The Morgan fingerprint density at radius 1 is 1.33 bits per heavy atom. The summed E-state index contributed by atoms with van der Waals surface area (Å²) < 4.78 is 13.6. The highest BCUT2D eigenvalue weighted by atomic mass is 32.2. The van der Waals surface area contributed by atoms with Gasteiger partial charge in [0, 0.05) is 17.1 Å². The van der Waals surface area contributed by atoms with Crippen molar-refractivity contribution in [3.05, 3.63) is 39.7 Å². The second-order valence-corrected chi connectivity index (χ2v) is 5.85. The summed E-state index contributed by atoms with van der Waals surface area (Å²) in [6, 6.07) is 4.06. The van der Waals surface area contributed by atoms with Gasteiger partial charge in [-0.15, -0.1) is 0 Å². The normalized spacial score (nSPS) is 16.7. The van der Waals surface area contributed by atoms with E-state index in [9.17, 15) is 14.5 Å². The molecule has 2 rings (SSSR count). The van der Waals surface area contributed by atoms with Crippen LogP contribution >= 0.6 is 11.8 Å². The fraction of sp³-hybridized carbons (Fsp3) is 0.538. The van der Waals surface area contributed by atoms with Crippen LogP contribution in [0.1, 0.15) is 37.7 Å². The maximum absolute atomic E-state index is 13.6. The molecule has 0 aromatic heterocycles. The average molecular weight is 269 g/mol. The first-order valence-corrected chi connectivity index (χ1v) is 7.26. The van der Waals surface area contributed by atoms with Gasteiger partial charge in [-0.3, -0.25) is 10.1 Å². The first kappa shape index (κ1) is 13.3. The fourth-order valence-electron chi connectivity index (χ4n) is 2.29. The zero-order chi connectivity index (χ0) is 13.0. The van der Waals surface area contributed by atoms with Crippen LogP contribution in [-0.4, -0.2) is 10.2 Å². The molecular formula is C13H16FNO2S. The predicted molar refractivity (Wildman–Crippen MR) is 71.2 cm³/mol. The van der Waals surface area contributed by atoms with Crippen molar-refractivity contribution in [2.75, 3.05) is 0 Å². The Hall–Kier alpha value is -1.10. The van der Waals surface area contributed by atoms with Crippen LogP contribution in [0.4, 0.5) is 10.1 Å². The summed E-state index contributed by atoms with van der Waals surface area (Å²) in [6.45, 7) is 0. The lowest BCUT2D eigenvalue weighted by Gasteiger charge is -2.20. The van der Waals surface area contributed by atoms with E-state index >= 15 is 0 Å². The van der Waals surface area contributed by atoms with Crippen LogP contribution in [0.3, 0.4) is 0 Å². The molecule has 0 atom stereocenters. The molecule has 0 bridgehead atoms. The number of benzene rings is 1. The third-order valence-corrected chi connectivity index (χ3v) is 4.70. The Labute approximate surface area is 110 Å². The van der Waals surface area contributed by atoms with E-state index < -0.39 is 10.7 Å². The maximum Gasteiger partial charge on any atom is 0.276 e. The minimum Gasteiger partial charge on any atom is -0.258 e. The number of halogens is 1. The van der Waals surface area contributed by atoms with Crippen LogP contribution in [0.25, 0.3) is 0 Å². The van der Waals surface area contributed by atoms with Crippen molar-refractivity contribution < 1.29 is 9.31 Å². The first-order chi connectivity index (χ1) is 8.68. The summed E-state index contributed by atoms with van der Waals surface area (Å²) in [5.74, 6) is -0.0688. The molecule has 0 unspecified atom stereocenters. The van der Waals surface area contributed by atoms with Crippen molar-refractivity contribution in [3.63, 3.8) is 0 Å². The van der Waals surface area contributed by atoms with Crippen molar-refractivity contribution in [1.82, 2.24) is 0 Å². The van der Waals surface area contributed by atoms with Gasteiger partial charge in [0.2, 0.25) is 0 Å². The Kier molecular flexibility index (Phi) is 4.58. The molecule has 1 aliphatic rings. The number of rotatable bonds is 4. The predicted octanol–water partition coefficient (Wildman–Crippen LogP) is 4.30. The molecule has 1 aromatic rings. The van der Waals surface area contributed by atoms with E-state index in [0.29, 0.717) is 11.0 Å².